The van der Waals surface area contributed by atoms with Gasteiger partial charge >= 0.3 is 0 Å². The van der Waals surface area contributed by atoms with Crippen LogP contribution >= 0.6 is 12.2 Å². The summed E-state index contributed by atoms with van der Waals surface area (Å²) < 4.78 is 27.6. The van der Waals surface area contributed by atoms with E-state index in [4.69, 9.17) is 18.0 Å². The predicted molar refractivity (Wildman–Crippen MR) is 78.5 cm³/mol. The predicted octanol–water partition coefficient (Wildman–Crippen LogP) is 2.35. The Hall–Kier alpha value is -1.27. The molecular formula is C13H19F2N3S. The van der Waals surface area contributed by atoms with Gasteiger partial charge in [0.2, 0.25) is 0 Å². The van der Waals surface area contributed by atoms with Gasteiger partial charge in [-0.05, 0) is 40.1 Å². The van der Waals surface area contributed by atoms with Crippen molar-refractivity contribution in [2.45, 2.75) is 19.4 Å². The molecule has 106 valence electrons. The van der Waals surface area contributed by atoms with Crippen LogP contribution in [-0.4, -0.2) is 36.1 Å². The number of hydrogen-bond acceptors (Lipinski definition) is 3. The van der Waals surface area contributed by atoms with Gasteiger partial charge in [0.25, 0.3) is 0 Å². The Morgan fingerprint density at radius 3 is 2.16 bits per heavy atom. The summed E-state index contributed by atoms with van der Waals surface area (Å²) in [6.07, 6.45) is 0. The normalized spacial score (nSPS) is 11.7. The number of nitrogens with two attached hydrogens (primary N) is 1. The molecule has 0 amide bonds. The lowest BCUT2D eigenvalue weighted by atomic mass is 10.0. The van der Waals surface area contributed by atoms with Crippen LogP contribution in [0.2, 0.25) is 0 Å². The highest BCUT2D eigenvalue weighted by atomic mass is 32.1. The first-order chi connectivity index (χ1) is 8.65. The van der Waals surface area contributed by atoms with E-state index in [0.717, 1.165) is 12.1 Å². The van der Waals surface area contributed by atoms with Gasteiger partial charge in [0.15, 0.2) is 0 Å². The first-order valence-electron chi connectivity index (χ1n) is 5.85. The molecular weight excluding hydrogens is 268 g/mol. The number of anilines is 1. The number of likely N-dealkylation sites (N-methyl/N-ethyl adjacent to an activating group) is 1. The molecule has 0 aliphatic heterocycles. The summed E-state index contributed by atoms with van der Waals surface area (Å²) >= 11 is 4.70. The summed E-state index contributed by atoms with van der Waals surface area (Å²) in [7, 11) is 3.81. The van der Waals surface area contributed by atoms with Gasteiger partial charge in [-0.3, -0.25) is 0 Å². The molecule has 1 rings (SSSR count). The quantitative estimate of drug-likeness (QED) is 0.816. The van der Waals surface area contributed by atoms with E-state index in [1.54, 1.807) is 0 Å². The molecule has 0 atom stereocenters. The molecule has 0 saturated carbocycles. The minimum atomic E-state index is -0.697. The van der Waals surface area contributed by atoms with Crippen LogP contribution < -0.4 is 11.1 Å². The van der Waals surface area contributed by atoms with E-state index >= 15 is 0 Å². The molecule has 3 N–H and O–H groups in total. The SMILES string of the molecule is CN(C)C(C)(C)CNc1c(F)cc(C(N)=S)cc1F. The summed E-state index contributed by atoms with van der Waals surface area (Å²) in [5, 5.41) is 2.79. The Bertz CT molecular complexity index is 464. The fourth-order valence-corrected chi connectivity index (χ4v) is 1.46. The highest BCUT2D eigenvalue weighted by Gasteiger charge is 2.22. The van der Waals surface area contributed by atoms with Crippen molar-refractivity contribution in [2.75, 3.05) is 26.0 Å². The fraction of sp³-hybridized carbons (Fsp3) is 0.462. The van der Waals surface area contributed by atoms with Crippen LogP contribution in [0.4, 0.5) is 14.5 Å². The van der Waals surface area contributed by atoms with Crippen molar-refractivity contribution in [1.82, 2.24) is 4.90 Å². The summed E-state index contributed by atoms with van der Waals surface area (Å²) in [4.78, 5) is 1.94. The molecule has 1 aromatic carbocycles. The standard InChI is InChI=1S/C13H19F2N3S/c1-13(2,18(3)4)7-17-11-9(14)5-8(12(16)19)6-10(11)15/h5-6,17H,7H2,1-4H3,(H2,16,19). The number of hydrogen-bond donors (Lipinski definition) is 2. The van der Waals surface area contributed by atoms with Crippen LogP contribution in [0.25, 0.3) is 0 Å². The van der Waals surface area contributed by atoms with E-state index in [1.807, 2.05) is 32.8 Å². The van der Waals surface area contributed by atoms with Crippen molar-refractivity contribution in [3.05, 3.63) is 29.3 Å². The van der Waals surface area contributed by atoms with Crippen molar-refractivity contribution in [3.63, 3.8) is 0 Å². The minimum Gasteiger partial charge on any atom is -0.389 e. The summed E-state index contributed by atoms with van der Waals surface area (Å²) in [6, 6.07) is 2.27. The second-order valence-corrected chi connectivity index (χ2v) is 5.68. The molecule has 0 saturated heterocycles. The molecule has 0 spiro atoms. The molecule has 0 aromatic heterocycles. The Morgan fingerprint density at radius 2 is 1.79 bits per heavy atom. The second kappa shape index (κ2) is 5.79. The lowest BCUT2D eigenvalue weighted by Gasteiger charge is -2.33. The maximum Gasteiger partial charge on any atom is 0.150 e. The molecule has 19 heavy (non-hydrogen) atoms. The summed E-state index contributed by atoms with van der Waals surface area (Å²) in [5.41, 5.74) is 5.15. The Labute approximate surface area is 117 Å². The van der Waals surface area contributed by atoms with E-state index < -0.39 is 11.6 Å². The smallest absolute Gasteiger partial charge is 0.150 e. The molecule has 0 unspecified atom stereocenters. The third-order valence-corrected chi connectivity index (χ3v) is 3.47. The number of rotatable bonds is 5. The Kier molecular flexibility index (Phi) is 4.81. The van der Waals surface area contributed by atoms with Crippen LogP contribution in [0.1, 0.15) is 19.4 Å². The number of nitrogens with one attached hydrogen (secondary N) is 1. The monoisotopic (exact) mass is 287 g/mol. The molecule has 0 heterocycles. The van der Waals surface area contributed by atoms with Gasteiger partial charge in [0.1, 0.15) is 22.3 Å². The number of nitrogens with zero attached hydrogens (tertiary/aromatic N) is 1. The van der Waals surface area contributed by atoms with Crippen molar-refractivity contribution in [1.29, 1.82) is 0 Å². The first-order valence-corrected chi connectivity index (χ1v) is 6.26. The van der Waals surface area contributed by atoms with E-state index in [2.05, 4.69) is 5.32 Å². The molecule has 0 radical (unpaired) electrons. The van der Waals surface area contributed by atoms with Crippen molar-refractivity contribution in [3.8, 4) is 0 Å². The van der Waals surface area contributed by atoms with Crippen LogP contribution in [0.3, 0.4) is 0 Å². The topological polar surface area (TPSA) is 41.3 Å². The second-order valence-electron chi connectivity index (χ2n) is 5.24. The van der Waals surface area contributed by atoms with Crippen LogP contribution in [0.15, 0.2) is 12.1 Å². The molecule has 3 nitrogen and oxygen atoms in total. The molecule has 6 heteroatoms. The van der Waals surface area contributed by atoms with Gasteiger partial charge in [0, 0.05) is 17.6 Å². The number of benzene rings is 1. The Morgan fingerprint density at radius 1 is 1.32 bits per heavy atom. The van der Waals surface area contributed by atoms with Gasteiger partial charge in [0.05, 0.1) is 0 Å². The molecule has 0 aliphatic rings. The maximum absolute atomic E-state index is 13.8. The summed E-state index contributed by atoms with van der Waals surface area (Å²) in [5.74, 6) is -1.39. The lowest BCUT2D eigenvalue weighted by Crippen LogP contribution is -2.44. The van der Waals surface area contributed by atoms with Gasteiger partial charge < -0.3 is 16.0 Å². The van der Waals surface area contributed by atoms with E-state index in [9.17, 15) is 8.78 Å². The minimum absolute atomic E-state index is 0.0297. The highest BCUT2D eigenvalue weighted by molar-refractivity contribution is 7.80. The van der Waals surface area contributed by atoms with E-state index in [-0.39, 0.29) is 21.8 Å². The van der Waals surface area contributed by atoms with Gasteiger partial charge in [-0.15, -0.1) is 0 Å². The summed E-state index contributed by atoms with van der Waals surface area (Å²) in [6.45, 7) is 4.35. The van der Waals surface area contributed by atoms with Crippen molar-refractivity contribution >= 4 is 22.9 Å². The van der Waals surface area contributed by atoms with E-state index in [1.165, 1.54) is 0 Å². The average Bonchev–Trinajstić information content (AvgIpc) is 2.27. The van der Waals surface area contributed by atoms with Crippen LogP contribution in [-0.2, 0) is 0 Å². The first kappa shape index (κ1) is 15.8. The zero-order valence-electron chi connectivity index (χ0n) is 11.6. The zero-order chi connectivity index (χ0) is 14.8. The lowest BCUT2D eigenvalue weighted by molar-refractivity contribution is 0.209. The molecule has 1 aromatic rings. The highest BCUT2D eigenvalue weighted by Crippen LogP contribution is 2.22. The van der Waals surface area contributed by atoms with Gasteiger partial charge in [-0.1, -0.05) is 12.2 Å². The Balaban J connectivity index is 2.94. The van der Waals surface area contributed by atoms with Crippen molar-refractivity contribution in [2.24, 2.45) is 5.73 Å². The van der Waals surface area contributed by atoms with Gasteiger partial charge in [-0.2, -0.15) is 0 Å². The maximum atomic E-state index is 13.8. The average molecular weight is 287 g/mol. The molecule has 0 aliphatic carbocycles. The largest absolute Gasteiger partial charge is 0.389 e. The van der Waals surface area contributed by atoms with Crippen LogP contribution in [0, 0.1) is 11.6 Å². The van der Waals surface area contributed by atoms with E-state index in [0.29, 0.717) is 6.54 Å². The third-order valence-electron chi connectivity index (χ3n) is 3.24. The fourth-order valence-electron chi connectivity index (χ4n) is 1.35. The van der Waals surface area contributed by atoms with Gasteiger partial charge in [-0.25, -0.2) is 8.78 Å². The number of thiocarbonyl (C=S) groups is 1. The molecule has 0 bridgehead atoms. The van der Waals surface area contributed by atoms with Crippen LogP contribution in [0.5, 0.6) is 0 Å². The van der Waals surface area contributed by atoms with Crippen molar-refractivity contribution < 1.29 is 8.78 Å². The zero-order valence-corrected chi connectivity index (χ0v) is 12.4. The third kappa shape index (κ3) is 3.84. The molecule has 0 fully saturated rings. The number of halogens is 2.